The highest BCUT2D eigenvalue weighted by molar-refractivity contribution is 6.02. The van der Waals surface area contributed by atoms with E-state index in [1.807, 2.05) is 32.0 Å². The van der Waals surface area contributed by atoms with E-state index in [1.54, 1.807) is 17.0 Å². The van der Waals surface area contributed by atoms with Gasteiger partial charge < -0.3 is 15.5 Å². The molecular weight excluding hydrogens is 321 g/mol. The first kappa shape index (κ1) is 17.0. The van der Waals surface area contributed by atoms with Crippen molar-refractivity contribution in [3.05, 3.63) is 59.4 Å². The maximum Gasteiger partial charge on any atom is 0.319 e. The fourth-order valence-corrected chi connectivity index (χ4v) is 3.06. The highest BCUT2D eigenvalue weighted by Gasteiger charge is 2.33. The van der Waals surface area contributed by atoms with Crippen molar-refractivity contribution in [1.82, 2.24) is 5.32 Å². The lowest BCUT2D eigenvalue weighted by molar-refractivity contribution is -0.118. The van der Waals surface area contributed by atoms with Crippen LogP contribution in [0.25, 0.3) is 0 Å². The smallest absolute Gasteiger partial charge is 0.319 e. The summed E-state index contributed by atoms with van der Waals surface area (Å²) in [4.78, 5) is 26.3. The summed E-state index contributed by atoms with van der Waals surface area (Å²) >= 11 is 0. The maximum absolute atomic E-state index is 13.6. The molecule has 2 aromatic rings. The molecule has 5 nitrogen and oxygen atoms in total. The third-order valence-corrected chi connectivity index (χ3v) is 4.15. The Morgan fingerprint density at radius 2 is 1.84 bits per heavy atom. The predicted octanol–water partition coefficient (Wildman–Crippen LogP) is 3.37. The highest BCUT2D eigenvalue weighted by atomic mass is 19.1. The van der Waals surface area contributed by atoms with E-state index in [0.29, 0.717) is 13.0 Å². The molecule has 3 rings (SSSR count). The molecule has 1 unspecified atom stereocenters. The molecule has 0 bridgehead atoms. The number of anilines is 2. The van der Waals surface area contributed by atoms with Gasteiger partial charge in [0.15, 0.2) is 0 Å². The van der Waals surface area contributed by atoms with E-state index in [-0.39, 0.29) is 11.6 Å². The number of nitrogens with zero attached hydrogens (tertiary/aromatic N) is 1. The van der Waals surface area contributed by atoms with E-state index in [2.05, 4.69) is 10.6 Å². The Hall–Kier alpha value is -2.89. The number of hydrogen-bond acceptors (Lipinski definition) is 2. The monoisotopic (exact) mass is 341 g/mol. The van der Waals surface area contributed by atoms with Crippen LogP contribution in [0.15, 0.2) is 42.5 Å². The van der Waals surface area contributed by atoms with Gasteiger partial charge in [-0.2, -0.15) is 0 Å². The summed E-state index contributed by atoms with van der Waals surface area (Å²) in [5.74, 6) is -0.680. The number of nitrogens with one attached hydrogen (secondary N) is 2. The zero-order valence-corrected chi connectivity index (χ0v) is 14.2. The van der Waals surface area contributed by atoms with Crippen molar-refractivity contribution in [2.75, 3.05) is 16.8 Å². The van der Waals surface area contributed by atoms with Crippen molar-refractivity contribution in [3.8, 4) is 0 Å². The van der Waals surface area contributed by atoms with E-state index in [0.717, 1.165) is 16.8 Å². The Labute approximate surface area is 145 Å². The third-order valence-electron chi connectivity index (χ3n) is 4.15. The lowest BCUT2D eigenvalue weighted by atomic mass is 10.1. The van der Waals surface area contributed by atoms with E-state index < -0.39 is 17.9 Å². The SMILES string of the molecule is Cc1cc(C)cc(N2CCC(NC(=O)Nc3ccccc3F)C2=O)c1. The second kappa shape index (κ2) is 6.93. The van der Waals surface area contributed by atoms with E-state index in [1.165, 1.54) is 12.1 Å². The van der Waals surface area contributed by atoms with Gasteiger partial charge in [-0.1, -0.05) is 18.2 Å². The zero-order valence-electron chi connectivity index (χ0n) is 14.2. The fourth-order valence-electron chi connectivity index (χ4n) is 3.06. The number of amides is 3. The van der Waals surface area contributed by atoms with Gasteiger partial charge in [0.05, 0.1) is 5.69 Å². The molecule has 1 saturated heterocycles. The molecule has 0 radical (unpaired) electrons. The van der Waals surface area contributed by atoms with Crippen LogP contribution in [0.2, 0.25) is 0 Å². The minimum Gasteiger partial charge on any atom is -0.326 e. The number of rotatable bonds is 3. The molecule has 1 aliphatic rings. The van der Waals surface area contributed by atoms with Crippen LogP contribution in [0.5, 0.6) is 0 Å². The summed E-state index contributed by atoms with van der Waals surface area (Å²) in [5.41, 5.74) is 3.07. The summed E-state index contributed by atoms with van der Waals surface area (Å²) in [6.45, 7) is 4.50. The largest absolute Gasteiger partial charge is 0.326 e. The van der Waals surface area contributed by atoms with Crippen LogP contribution in [-0.4, -0.2) is 24.5 Å². The molecule has 2 aromatic carbocycles. The van der Waals surface area contributed by atoms with Gasteiger partial charge in [-0.15, -0.1) is 0 Å². The van der Waals surface area contributed by atoms with Crippen molar-refractivity contribution < 1.29 is 14.0 Å². The van der Waals surface area contributed by atoms with Crippen molar-refractivity contribution in [2.24, 2.45) is 0 Å². The molecule has 0 saturated carbocycles. The fraction of sp³-hybridized carbons (Fsp3) is 0.263. The van der Waals surface area contributed by atoms with Crippen LogP contribution < -0.4 is 15.5 Å². The van der Waals surface area contributed by atoms with Crippen LogP contribution >= 0.6 is 0 Å². The molecule has 130 valence electrons. The number of para-hydroxylation sites is 1. The van der Waals surface area contributed by atoms with Crippen LogP contribution in [0.3, 0.4) is 0 Å². The summed E-state index contributed by atoms with van der Waals surface area (Å²) < 4.78 is 13.6. The van der Waals surface area contributed by atoms with Crippen molar-refractivity contribution >= 4 is 23.3 Å². The first-order valence-electron chi connectivity index (χ1n) is 8.16. The molecule has 0 aromatic heterocycles. The number of aryl methyl sites for hydroxylation is 2. The van der Waals surface area contributed by atoms with Gasteiger partial charge in [0.2, 0.25) is 5.91 Å². The molecule has 25 heavy (non-hydrogen) atoms. The number of carbonyl (C=O) groups excluding carboxylic acids is 2. The van der Waals surface area contributed by atoms with Gasteiger partial charge in [-0.05, 0) is 55.7 Å². The molecule has 1 fully saturated rings. The molecule has 0 spiro atoms. The van der Waals surface area contributed by atoms with Crippen molar-refractivity contribution in [3.63, 3.8) is 0 Å². The minimum absolute atomic E-state index is 0.0802. The Morgan fingerprint density at radius 1 is 1.16 bits per heavy atom. The molecule has 1 aliphatic heterocycles. The Kier molecular flexibility index (Phi) is 4.70. The third kappa shape index (κ3) is 3.79. The van der Waals surface area contributed by atoms with Crippen LogP contribution in [0, 0.1) is 19.7 Å². The lowest BCUT2D eigenvalue weighted by Gasteiger charge is -2.18. The second-order valence-electron chi connectivity index (χ2n) is 6.26. The Morgan fingerprint density at radius 3 is 2.52 bits per heavy atom. The van der Waals surface area contributed by atoms with Crippen LogP contribution in [-0.2, 0) is 4.79 Å². The van der Waals surface area contributed by atoms with Crippen LogP contribution in [0.1, 0.15) is 17.5 Å². The van der Waals surface area contributed by atoms with Gasteiger partial charge in [-0.25, -0.2) is 9.18 Å². The normalized spacial score (nSPS) is 16.8. The number of carbonyl (C=O) groups is 2. The minimum atomic E-state index is -0.618. The van der Waals surface area contributed by atoms with E-state index in [9.17, 15) is 14.0 Å². The van der Waals surface area contributed by atoms with E-state index >= 15 is 0 Å². The van der Waals surface area contributed by atoms with Crippen molar-refractivity contribution in [2.45, 2.75) is 26.3 Å². The van der Waals surface area contributed by atoms with Crippen molar-refractivity contribution in [1.29, 1.82) is 0 Å². The summed E-state index contributed by atoms with van der Waals surface area (Å²) in [6.07, 6.45) is 0.510. The van der Waals surface area contributed by atoms with Gasteiger partial charge >= 0.3 is 6.03 Å². The second-order valence-corrected chi connectivity index (χ2v) is 6.26. The van der Waals surface area contributed by atoms with Gasteiger partial charge in [-0.3, -0.25) is 4.79 Å². The quantitative estimate of drug-likeness (QED) is 0.899. The number of hydrogen-bond donors (Lipinski definition) is 2. The first-order valence-corrected chi connectivity index (χ1v) is 8.16. The number of benzene rings is 2. The molecular formula is C19H20FN3O2. The van der Waals surface area contributed by atoms with Gasteiger partial charge in [0.25, 0.3) is 0 Å². The zero-order chi connectivity index (χ0) is 18.0. The summed E-state index contributed by atoms with van der Waals surface area (Å²) in [6, 6.07) is 10.6. The Bertz CT molecular complexity index is 802. The number of urea groups is 1. The first-order chi connectivity index (χ1) is 11.9. The molecule has 1 atom stereocenters. The van der Waals surface area contributed by atoms with Gasteiger partial charge in [0, 0.05) is 12.2 Å². The topological polar surface area (TPSA) is 61.4 Å². The predicted molar refractivity (Wildman–Crippen MR) is 95.2 cm³/mol. The summed E-state index contributed by atoms with van der Waals surface area (Å²) in [5, 5.41) is 5.06. The highest BCUT2D eigenvalue weighted by Crippen LogP contribution is 2.24. The van der Waals surface area contributed by atoms with Gasteiger partial charge in [0.1, 0.15) is 11.9 Å². The average Bonchev–Trinajstić information content (AvgIpc) is 2.89. The average molecular weight is 341 g/mol. The molecule has 6 heteroatoms. The standard InChI is InChI=1S/C19H20FN3O2/c1-12-9-13(2)11-14(10-12)23-8-7-17(18(23)24)22-19(25)21-16-6-4-3-5-15(16)20/h3-6,9-11,17H,7-8H2,1-2H3,(H2,21,22,25). The Balaban J connectivity index is 1.66. The van der Waals surface area contributed by atoms with E-state index in [4.69, 9.17) is 0 Å². The summed E-state index contributed by atoms with van der Waals surface area (Å²) in [7, 11) is 0. The van der Waals surface area contributed by atoms with Crippen LogP contribution in [0.4, 0.5) is 20.6 Å². The molecule has 2 N–H and O–H groups in total. The number of halogens is 1. The molecule has 1 heterocycles. The molecule has 0 aliphatic carbocycles. The lowest BCUT2D eigenvalue weighted by Crippen LogP contribution is -2.43. The maximum atomic E-state index is 13.6. The molecule has 3 amide bonds.